The number of hydrogen-bond acceptors (Lipinski definition) is 3. The predicted octanol–water partition coefficient (Wildman–Crippen LogP) is 2.33. The molecule has 0 unspecified atom stereocenters. The zero-order chi connectivity index (χ0) is 13.7. The Morgan fingerprint density at radius 2 is 2.05 bits per heavy atom. The lowest BCUT2D eigenvalue weighted by molar-refractivity contribution is -0.134. The summed E-state index contributed by atoms with van der Waals surface area (Å²) in [5.41, 5.74) is 0.807. The van der Waals surface area contributed by atoms with Crippen LogP contribution in [-0.4, -0.2) is 35.6 Å². The Morgan fingerprint density at radius 1 is 1.32 bits per heavy atom. The number of piperidine rings is 1. The topological polar surface area (TPSA) is 49.8 Å². The van der Waals surface area contributed by atoms with E-state index in [1.165, 1.54) is 6.42 Å². The zero-order valence-corrected chi connectivity index (χ0v) is 12.4. The molecule has 1 fully saturated rings. The van der Waals surface area contributed by atoms with Gasteiger partial charge in [-0.2, -0.15) is 0 Å². The summed E-state index contributed by atoms with van der Waals surface area (Å²) < 4.78 is 6.29. The molecular formula is C14H18BrNO3. The van der Waals surface area contributed by atoms with Crippen LogP contribution in [-0.2, 0) is 11.4 Å². The van der Waals surface area contributed by atoms with Crippen molar-refractivity contribution in [3.8, 4) is 5.75 Å². The van der Waals surface area contributed by atoms with Crippen molar-refractivity contribution in [1.82, 2.24) is 4.90 Å². The molecule has 1 aliphatic rings. The predicted molar refractivity (Wildman–Crippen MR) is 76.0 cm³/mol. The summed E-state index contributed by atoms with van der Waals surface area (Å²) in [6, 6.07) is 5.34. The van der Waals surface area contributed by atoms with E-state index < -0.39 is 0 Å². The molecular weight excluding hydrogens is 310 g/mol. The third-order valence-electron chi connectivity index (χ3n) is 3.24. The van der Waals surface area contributed by atoms with Crippen LogP contribution < -0.4 is 4.74 Å². The SMILES string of the molecule is O=C(COc1ccc(CO)cc1Br)N1CCCCC1. The second-order valence-corrected chi connectivity index (χ2v) is 5.51. The number of benzene rings is 1. The first-order chi connectivity index (χ1) is 9.20. The molecule has 19 heavy (non-hydrogen) atoms. The second-order valence-electron chi connectivity index (χ2n) is 4.65. The summed E-state index contributed by atoms with van der Waals surface area (Å²) in [7, 11) is 0. The highest BCUT2D eigenvalue weighted by atomic mass is 79.9. The molecule has 1 aromatic carbocycles. The minimum absolute atomic E-state index is 0.00834. The number of amides is 1. The summed E-state index contributed by atoms with van der Waals surface area (Å²) in [5, 5.41) is 9.02. The van der Waals surface area contributed by atoms with Gasteiger partial charge in [0.05, 0.1) is 11.1 Å². The number of ether oxygens (including phenoxy) is 1. The Bertz CT molecular complexity index is 444. The van der Waals surface area contributed by atoms with Crippen LogP contribution in [0.15, 0.2) is 22.7 Å². The maximum Gasteiger partial charge on any atom is 0.260 e. The van der Waals surface area contributed by atoms with E-state index in [0.29, 0.717) is 5.75 Å². The smallest absolute Gasteiger partial charge is 0.260 e. The highest BCUT2D eigenvalue weighted by molar-refractivity contribution is 9.10. The third kappa shape index (κ3) is 3.94. The maximum atomic E-state index is 12.0. The molecule has 0 spiro atoms. The van der Waals surface area contributed by atoms with Crippen LogP contribution in [0.3, 0.4) is 0 Å². The van der Waals surface area contributed by atoms with Gasteiger partial charge in [0.1, 0.15) is 5.75 Å². The minimum Gasteiger partial charge on any atom is -0.483 e. The fraction of sp³-hybridized carbons (Fsp3) is 0.500. The van der Waals surface area contributed by atoms with Gasteiger partial charge in [-0.3, -0.25) is 4.79 Å². The minimum atomic E-state index is -0.00834. The van der Waals surface area contributed by atoms with E-state index in [4.69, 9.17) is 9.84 Å². The van der Waals surface area contributed by atoms with Crippen LogP contribution in [0.2, 0.25) is 0 Å². The number of nitrogens with zero attached hydrogens (tertiary/aromatic N) is 1. The molecule has 1 N–H and O–H groups in total. The van der Waals surface area contributed by atoms with Gasteiger partial charge in [0.2, 0.25) is 0 Å². The maximum absolute atomic E-state index is 12.0. The van der Waals surface area contributed by atoms with Crippen molar-refractivity contribution in [2.45, 2.75) is 25.9 Å². The number of rotatable bonds is 4. The molecule has 1 aromatic rings. The van der Waals surface area contributed by atoms with E-state index >= 15 is 0 Å². The van der Waals surface area contributed by atoms with Gasteiger partial charge >= 0.3 is 0 Å². The zero-order valence-electron chi connectivity index (χ0n) is 10.8. The quantitative estimate of drug-likeness (QED) is 0.923. The van der Waals surface area contributed by atoms with Gasteiger partial charge in [0.15, 0.2) is 6.61 Å². The van der Waals surface area contributed by atoms with Crippen LogP contribution in [0.4, 0.5) is 0 Å². The first-order valence-electron chi connectivity index (χ1n) is 6.50. The Labute approximate surface area is 121 Å². The summed E-state index contributed by atoms with van der Waals surface area (Å²) in [5.74, 6) is 0.667. The second kappa shape index (κ2) is 6.91. The molecule has 0 aliphatic carbocycles. The van der Waals surface area contributed by atoms with Gasteiger partial charge in [0, 0.05) is 13.1 Å². The van der Waals surface area contributed by atoms with Crippen molar-refractivity contribution in [2.75, 3.05) is 19.7 Å². The van der Waals surface area contributed by atoms with Crippen molar-refractivity contribution >= 4 is 21.8 Å². The van der Waals surface area contributed by atoms with Crippen molar-refractivity contribution in [3.63, 3.8) is 0 Å². The number of aliphatic hydroxyl groups excluding tert-OH is 1. The van der Waals surface area contributed by atoms with E-state index in [0.717, 1.165) is 36.0 Å². The molecule has 1 heterocycles. The fourth-order valence-corrected chi connectivity index (χ4v) is 2.67. The van der Waals surface area contributed by atoms with Crippen LogP contribution in [0.1, 0.15) is 24.8 Å². The highest BCUT2D eigenvalue weighted by Gasteiger charge is 2.17. The van der Waals surface area contributed by atoms with Crippen molar-refractivity contribution < 1.29 is 14.6 Å². The van der Waals surface area contributed by atoms with E-state index in [1.54, 1.807) is 18.2 Å². The molecule has 1 saturated heterocycles. The van der Waals surface area contributed by atoms with Crippen LogP contribution >= 0.6 is 15.9 Å². The number of halogens is 1. The first kappa shape index (κ1) is 14.3. The molecule has 0 bridgehead atoms. The van der Waals surface area contributed by atoms with Gasteiger partial charge in [-0.05, 0) is 52.9 Å². The standard InChI is InChI=1S/C14H18BrNO3/c15-12-8-11(9-17)4-5-13(12)19-10-14(18)16-6-2-1-3-7-16/h4-5,8,17H,1-3,6-7,9-10H2. The Morgan fingerprint density at radius 3 is 2.68 bits per heavy atom. The molecule has 1 aliphatic heterocycles. The molecule has 104 valence electrons. The van der Waals surface area contributed by atoms with E-state index in [1.807, 2.05) is 4.90 Å². The number of hydrogen-bond donors (Lipinski definition) is 1. The van der Waals surface area contributed by atoms with Crippen LogP contribution in [0.5, 0.6) is 5.75 Å². The molecule has 0 atom stereocenters. The summed E-state index contributed by atoms with van der Waals surface area (Å²) >= 11 is 3.37. The molecule has 2 rings (SSSR count). The normalized spacial score (nSPS) is 15.4. The van der Waals surface area contributed by atoms with Crippen molar-refractivity contribution in [3.05, 3.63) is 28.2 Å². The molecule has 0 saturated carbocycles. The lowest BCUT2D eigenvalue weighted by Gasteiger charge is -2.26. The molecule has 4 nitrogen and oxygen atoms in total. The number of aliphatic hydroxyl groups is 1. The Kier molecular flexibility index (Phi) is 5.22. The average molecular weight is 328 g/mol. The van der Waals surface area contributed by atoms with Crippen molar-refractivity contribution in [1.29, 1.82) is 0 Å². The molecule has 1 amide bonds. The van der Waals surface area contributed by atoms with Crippen LogP contribution in [0.25, 0.3) is 0 Å². The molecule has 5 heteroatoms. The monoisotopic (exact) mass is 327 g/mol. The van der Waals surface area contributed by atoms with Crippen molar-refractivity contribution in [2.24, 2.45) is 0 Å². The molecule has 0 aromatic heterocycles. The van der Waals surface area contributed by atoms with Gasteiger partial charge in [-0.15, -0.1) is 0 Å². The third-order valence-corrected chi connectivity index (χ3v) is 3.86. The number of carbonyl (C=O) groups is 1. The van der Waals surface area contributed by atoms with Gasteiger partial charge < -0.3 is 14.7 Å². The highest BCUT2D eigenvalue weighted by Crippen LogP contribution is 2.26. The lowest BCUT2D eigenvalue weighted by Crippen LogP contribution is -2.38. The van der Waals surface area contributed by atoms with Crippen LogP contribution in [0, 0.1) is 0 Å². The van der Waals surface area contributed by atoms with Gasteiger partial charge in [-0.25, -0.2) is 0 Å². The Hall–Kier alpha value is -1.07. The first-order valence-corrected chi connectivity index (χ1v) is 7.30. The average Bonchev–Trinajstić information content (AvgIpc) is 2.46. The largest absolute Gasteiger partial charge is 0.483 e. The molecule has 0 radical (unpaired) electrons. The van der Waals surface area contributed by atoms with Gasteiger partial charge in [-0.1, -0.05) is 6.07 Å². The number of carbonyl (C=O) groups excluding carboxylic acids is 1. The fourth-order valence-electron chi connectivity index (χ4n) is 2.13. The van der Waals surface area contributed by atoms with E-state index in [2.05, 4.69) is 15.9 Å². The number of likely N-dealkylation sites (tertiary alicyclic amines) is 1. The summed E-state index contributed by atoms with van der Waals surface area (Å²) in [6.07, 6.45) is 3.38. The van der Waals surface area contributed by atoms with Gasteiger partial charge in [0.25, 0.3) is 5.91 Å². The summed E-state index contributed by atoms with van der Waals surface area (Å²) in [4.78, 5) is 13.8. The Balaban J connectivity index is 1.89. The lowest BCUT2D eigenvalue weighted by atomic mass is 10.1. The van der Waals surface area contributed by atoms with E-state index in [9.17, 15) is 4.79 Å². The van der Waals surface area contributed by atoms with E-state index in [-0.39, 0.29) is 19.1 Å². The summed E-state index contributed by atoms with van der Waals surface area (Å²) in [6.45, 7) is 1.74.